The molecule has 0 radical (unpaired) electrons. The van der Waals surface area contributed by atoms with E-state index in [1.807, 2.05) is 50.2 Å². The van der Waals surface area contributed by atoms with Gasteiger partial charge in [0, 0.05) is 0 Å². The second-order valence-corrected chi connectivity index (χ2v) is 5.13. The Balaban J connectivity index is 1.88. The number of carbonyl (C=O) groups excluding carboxylic acids is 1. The molecule has 0 saturated carbocycles. The molecule has 0 aliphatic heterocycles. The summed E-state index contributed by atoms with van der Waals surface area (Å²) in [5, 5.41) is 4.09. The highest BCUT2D eigenvalue weighted by Gasteiger charge is 2.06. The van der Waals surface area contributed by atoms with Crippen LogP contribution < -0.4 is 19.6 Å². The van der Waals surface area contributed by atoms with E-state index in [2.05, 4.69) is 10.5 Å². The standard InChI is InChI=1S/C19H22N2O4/c1-4-24-16-11-9-15(10-12-16)14(2)20-21-19(22)13-25-18-8-6-5-7-17(18)23-3/h5-12H,4,13H2,1-3H3,(H,21,22). The number of benzene rings is 2. The van der Waals surface area contributed by atoms with Gasteiger partial charge >= 0.3 is 0 Å². The van der Waals surface area contributed by atoms with E-state index in [4.69, 9.17) is 14.2 Å². The molecule has 0 fully saturated rings. The van der Waals surface area contributed by atoms with E-state index in [1.54, 1.807) is 19.2 Å². The summed E-state index contributed by atoms with van der Waals surface area (Å²) >= 11 is 0. The third kappa shape index (κ3) is 5.53. The lowest BCUT2D eigenvalue weighted by molar-refractivity contribution is -0.123. The van der Waals surface area contributed by atoms with Crippen LogP contribution in [0.15, 0.2) is 53.6 Å². The van der Waals surface area contributed by atoms with Crippen molar-refractivity contribution < 1.29 is 19.0 Å². The average molecular weight is 342 g/mol. The number of carbonyl (C=O) groups is 1. The molecule has 1 N–H and O–H groups in total. The molecule has 6 heteroatoms. The van der Waals surface area contributed by atoms with Crippen LogP contribution in [0.1, 0.15) is 19.4 Å². The molecule has 0 spiro atoms. The number of nitrogens with one attached hydrogen (secondary N) is 1. The molecular weight excluding hydrogens is 320 g/mol. The van der Waals surface area contributed by atoms with Crippen LogP contribution in [-0.4, -0.2) is 31.9 Å². The SMILES string of the molecule is CCOc1ccc(C(C)=NNC(=O)COc2ccccc2OC)cc1. The van der Waals surface area contributed by atoms with Crippen molar-refractivity contribution in [3.8, 4) is 17.2 Å². The van der Waals surface area contributed by atoms with E-state index in [9.17, 15) is 4.79 Å². The smallest absolute Gasteiger partial charge is 0.277 e. The van der Waals surface area contributed by atoms with Crippen molar-refractivity contribution in [3.63, 3.8) is 0 Å². The lowest BCUT2D eigenvalue weighted by atomic mass is 10.1. The van der Waals surface area contributed by atoms with Crippen molar-refractivity contribution in [2.75, 3.05) is 20.3 Å². The molecule has 0 heterocycles. The van der Waals surface area contributed by atoms with Gasteiger partial charge in [-0.3, -0.25) is 4.79 Å². The second-order valence-electron chi connectivity index (χ2n) is 5.13. The maximum Gasteiger partial charge on any atom is 0.277 e. The number of hydrogen-bond donors (Lipinski definition) is 1. The number of hydrazone groups is 1. The second kappa shape index (κ2) is 9.32. The normalized spacial score (nSPS) is 10.9. The lowest BCUT2D eigenvalue weighted by Gasteiger charge is -2.09. The zero-order chi connectivity index (χ0) is 18.1. The van der Waals surface area contributed by atoms with Gasteiger partial charge in [-0.05, 0) is 55.8 Å². The topological polar surface area (TPSA) is 69.2 Å². The van der Waals surface area contributed by atoms with E-state index in [0.29, 0.717) is 23.8 Å². The maximum atomic E-state index is 11.9. The fourth-order valence-electron chi connectivity index (χ4n) is 2.08. The first-order valence-electron chi connectivity index (χ1n) is 7.96. The first-order valence-corrected chi connectivity index (χ1v) is 7.96. The van der Waals surface area contributed by atoms with Crippen molar-refractivity contribution in [1.29, 1.82) is 0 Å². The largest absolute Gasteiger partial charge is 0.494 e. The summed E-state index contributed by atoms with van der Waals surface area (Å²) < 4.78 is 16.0. The van der Waals surface area contributed by atoms with E-state index in [0.717, 1.165) is 11.3 Å². The number of nitrogens with zero attached hydrogens (tertiary/aromatic N) is 1. The molecule has 0 aliphatic rings. The van der Waals surface area contributed by atoms with Crippen molar-refractivity contribution in [3.05, 3.63) is 54.1 Å². The zero-order valence-electron chi connectivity index (χ0n) is 14.6. The number of methoxy groups -OCH3 is 1. The Labute approximate surface area is 147 Å². The first kappa shape index (κ1) is 18.3. The molecule has 6 nitrogen and oxygen atoms in total. The van der Waals surface area contributed by atoms with Crippen molar-refractivity contribution >= 4 is 11.6 Å². The number of rotatable bonds is 8. The van der Waals surface area contributed by atoms with Crippen LogP contribution in [-0.2, 0) is 4.79 Å². The third-order valence-corrected chi connectivity index (χ3v) is 3.36. The van der Waals surface area contributed by atoms with Crippen molar-refractivity contribution in [1.82, 2.24) is 5.43 Å². The minimum Gasteiger partial charge on any atom is -0.494 e. The summed E-state index contributed by atoms with van der Waals surface area (Å²) in [6.07, 6.45) is 0. The highest BCUT2D eigenvalue weighted by molar-refractivity contribution is 5.99. The highest BCUT2D eigenvalue weighted by atomic mass is 16.5. The molecule has 0 bridgehead atoms. The Hall–Kier alpha value is -3.02. The third-order valence-electron chi connectivity index (χ3n) is 3.36. The Morgan fingerprint density at radius 2 is 1.72 bits per heavy atom. The summed E-state index contributed by atoms with van der Waals surface area (Å²) in [5.74, 6) is 1.53. The maximum absolute atomic E-state index is 11.9. The van der Waals surface area contributed by atoms with Gasteiger partial charge in [0.25, 0.3) is 5.91 Å². The minimum absolute atomic E-state index is 0.152. The Morgan fingerprint density at radius 3 is 2.36 bits per heavy atom. The van der Waals surface area contributed by atoms with Gasteiger partial charge in [-0.15, -0.1) is 0 Å². The average Bonchev–Trinajstić information content (AvgIpc) is 2.65. The van der Waals surface area contributed by atoms with E-state index >= 15 is 0 Å². The molecule has 132 valence electrons. The van der Waals surface area contributed by atoms with Gasteiger partial charge in [0.05, 0.1) is 19.4 Å². The quantitative estimate of drug-likeness (QED) is 0.591. The van der Waals surface area contributed by atoms with Crippen LogP contribution in [0.2, 0.25) is 0 Å². The van der Waals surface area contributed by atoms with Gasteiger partial charge in [0.1, 0.15) is 5.75 Å². The number of hydrogen-bond acceptors (Lipinski definition) is 5. The van der Waals surface area contributed by atoms with Gasteiger partial charge < -0.3 is 14.2 Å². The molecule has 0 aromatic heterocycles. The predicted octanol–water partition coefficient (Wildman–Crippen LogP) is 3.01. The summed E-state index contributed by atoms with van der Waals surface area (Å²) in [5.41, 5.74) is 4.07. The molecule has 2 aromatic carbocycles. The predicted molar refractivity (Wildman–Crippen MR) is 96.5 cm³/mol. The van der Waals surface area contributed by atoms with Crippen LogP contribution in [0.25, 0.3) is 0 Å². The fraction of sp³-hybridized carbons (Fsp3) is 0.263. The van der Waals surface area contributed by atoms with Crippen LogP contribution in [0.4, 0.5) is 0 Å². The summed E-state index contributed by atoms with van der Waals surface area (Å²) in [7, 11) is 1.55. The zero-order valence-corrected chi connectivity index (χ0v) is 14.6. The van der Waals surface area contributed by atoms with Crippen LogP contribution in [0, 0.1) is 0 Å². The molecule has 2 aromatic rings. The molecule has 0 atom stereocenters. The first-order chi connectivity index (χ1) is 12.1. The van der Waals surface area contributed by atoms with Gasteiger partial charge in [0.15, 0.2) is 18.1 Å². The molecule has 0 aliphatic carbocycles. The lowest BCUT2D eigenvalue weighted by Crippen LogP contribution is -2.25. The molecule has 0 unspecified atom stereocenters. The molecule has 0 saturated heterocycles. The van der Waals surface area contributed by atoms with Gasteiger partial charge in [-0.25, -0.2) is 5.43 Å². The number of ether oxygens (including phenoxy) is 3. The molecular formula is C19H22N2O4. The molecule has 2 rings (SSSR count). The Kier molecular flexibility index (Phi) is 6.83. The highest BCUT2D eigenvalue weighted by Crippen LogP contribution is 2.25. The van der Waals surface area contributed by atoms with Gasteiger partial charge in [-0.2, -0.15) is 5.10 Å². The van der Waals surface area contributed by atoms with Crippen molar-refractivity contribution in [2.24, 2.45) is 5.10 Å². The van der Waals surface area contributed by atoms with Crippen LogP contribution in [0.3, 0.4) is 0 Å². The fourth-order valence-corrected chi connectivity index (χ4v) is 2.08. The summed E-state index contributed by atoms with van der Waals surface area (Å²) in [6, 6.07) is 14.7. The summed E-state index contributed by atoms with van der Waals surface area (Å²) in [6.45, 7) is 4.22. The minimum atomic E-state index is -0.351. The van der Waals surface area contributed by atoms with E-state index < -0.39 is 0 Å². The summed E-state index contributed by atoms with van der Waals surface area (Å²) in [4.78, 5) is 11.9. The van der Waals surface area contributed by atoms with Crippen LogP contribution in [0.5, 0.6) is 17.2 Å². The molecule has 1 amide bonds. The Morgan fingerprint density at radius 1 is 1.04 bits per heavy atom. The van der Waals surface area contributed by atoms with Gasteiger partial charge in [-0.1, -0.05) is 12.1 Å². The van der Waals surface area contributed by atoms with E-state index in [1.165, 1.54) is 0 Å². The van der Waals surface area contributed by atoms with Crippen molar-refractivity contribution in [2.45, 2.75) is 13.8 Å². The van der Waals surface area contributed by atoms with Gasteiger partial charge in [0.2, 0.25) is 0 Å². The number of para-hydroxylation sites is 2. The molecule has 25 heavy (non-hydrogen) atoms. The number of amides is 1. The Bertz CT molecular complexity index is 726. The van der Waals surface area contributed by atoms with E-state index in [-0.39, 0.29) is 12.5 Å². The van der Waals surface area contributed by atoms with Crippen LogP contribution >= 0.6 is 0 Å². The monoisotopic (exact) mass is 342 g/mol.